The van der Waals surface area contributed by atoms with Gasteiger partial charge in [-0.15, -0.1) is 0 Å². The van der Waals surface area contributed by atoms with Gasteiger partial charge in [0.05, 0.1) is 11.2 Å². The van der Waals surface area contributed by atoms with Crippen LogP contribution in [-0.2, 0) is 0 Å². The maximum Gasteiger partial charge on any atom is 0.132 e. The van der Waals surface area contributed by atoms with Crippen LogP contribution in [0, 0.1) is 0 Å². The van der Waals surface area contributed by atoms with Crippen molar-refractivity contribution >= 4 is 22.5 Å². The maximum absolute atomic E-state index is 6.45. The molecule has 0 bridgehead atoms. The first-order valence-electron chi connectivity index (χ1n) is 8.42. The Balaban J connectivity index is 1.87. The Labute approximate surface area is 147 Å². The van der Waals surface area contributed by atoms with Gasteiger partial charge in [-0.25, -0.2) is 9.97 Å². The van der Waals surface area contributed by atoms with E-state index < -0.39 is 0 Å². The van der Waals surface area contributed by atoms with Gasteiger partial charge in [0, 0.05) is 21.9 Å². The molecule has 1 fully saturated rings. The molecule has 0 aliphatic carbocycles. The Bertz CT molecular complexity index is 870. The van der Waals surface area contributed by atoms with Gasteiger partial charge in [0.2, 0.25) is 0 Å². The lowest BCUT2D eigenvalue weighted by atomic mass is 9.95. The zero-order valence-corrected chi connectivity index (χ0v) is 14.5. The summed E-state index contributed by atoms with van der Waals surface area (Å²) in [5.74, 6) is 1.38. The lowest BCUT2D eigenvalue weighted by Gasteiger charge is -2.28. The van der Waals surface area contributed by atoms with Crippen molar-refractivity contribution in [2.75, 3.05) is 20.1 Å². The number of rotatable bonds is 2. The van der Waals surface area contributed by atoms with Crippen molar-refractivity contribution < 1.29 is 0 Å². The number of nitrogens with zero attached hydrogens (tertiary/aromatic N) is 3. The molecule has 122 valence electrons. The third-order valence-corrected chi connectivity index (χ3v) is 5.16. The topological polar surface area (TPSA) is 29.0 Å². The number of halogens is 1. The van der Waals surface area contributed by atoms with Gasteiger partial charge in [0.1, 0.15) is 5.82 Å². The fourth-order valence-electron chi connectivity index (χ4n) is 3.40. The molecule has 1 aromatic heterocycles. The highest BCUT2D eigenvalue weighted by Gasteiger charge is 2.22. The molecule has 24 heavy (non-hydrogen) atoms. The number of likely N-dealkylation sites (tertiary alicyclic amines) is 1. The summed E-state index contributed by atoms with van der Waals surface area (Å²) >= 11 is 6.45. The average molecular weight is 338 g/mol. The van der Waals surface area contributed by atoms with E-state index in [4.69, 9.17) is 21.6 Å². The molecule has 1 saturated heterocycles. The summed E-state index contributed by atoms with van der Waals surface area (Å²) in [6.07, 6.45) is 2.22. The molecular formula is C20H20ClN3. The Morgan fingerprint density at radius 2 is 1.67 bits per heavy atom. The fourth-order valence-corrected chi connectivity index (χ4v) is 3.63. The molecule has 4 heteroatoms. The van der Waals surface area contributed by atoms with Crippen molar-refractivity contribution in [3.05, 3.63) is 59.4 Å². The van der Waals surface area contributed by atoms with Crippen molar-refractivity contribution in [1.29, 1.82) is 0 Å². The first kappa shape index (κ1) is 15.6. The third-order valence-electron chi connectivity index (χ3n) is 4.83. The second-order valence-corrected chi connectivity index (χ2v) is 6.91. The van der Waals surface area contributed by atoms with E-state index in [0.29, 0.717) is 5.92 Å². The zero-order chi connectivity index (χ0) is 16.5. The van der Waals surface area contributed by atoms with E-state index in [1.165, 1.54) is 0 Å². The minimum atomic E-state index is 0.423. The predicted octanol–water partition coefficient (Wildman–Crippen LogP) is 4.76. The first-order chi connectivity index (χ1) is 11.7. The monoisotopic (exact) mass is 337 g/mol. The second kappa shape index (κ2) is 6.50. The van der Waals surface area contributed by atoms with Crippen molar-refractivity contribution in [2.24, 2.45) is 0 Å². The van der Waals surface area contributed by atoms with Crippen LogP contribution >= 0.6 is 11.6 Å². The molecule has 3 nitrogen and oxygen atoms in total. The molecule has 0 saturated carbocycles. The summed E-state index contributed by atoms with van der Waals surface area (Å²) in [7, 11) is 2.17. The maximum atomic E-state index is 6.45. The van der Waals surface area contributed by atoms with Crippen LogP contribution in [0.2, 0.25) is 5.02 Å². The summed E-state index contributed by atoms with van der Waals surface area (Å²) in [5, 5.41) is 1.79. The number of benzene rings is 2. The summed E-state index contributed by atoms with van der Waals surface area (Å²) in [4.78, 5) is 12.2. The van der Waals surface area contributed by atoms with E-state index in [9.17, 15) is 0 Å². The van der Waals surface area contributed by atoms with Crippen molar-refractivity contribution in [2.45, 2.75) is 18.8 Å². The van der Waals surface area contributed by atoms with Gasteiger partial charge in [-0.3, -0.25) is 0 Å². The smallest absolute Gasteiger partial charge is 0.132 e. The summed E-state index contributed by atoms with van der Waals surface area (Å²) in [5.41, 5.74) is 2.92. The van der Waals surface area contributed by atoms with Crippen LogP contribution in [0.3, 0.4) is 0 Å². The standard InChI is InChI=1S/C20H20ClN3/c1-24-12-10-14(11-13-24)20-22-18-9-5-3-7-16(18)19(23-20)15-6-2-4-8-17(15)21/h2-9,14H,10-13H2,1H3. The molecule has 1 aliphatic heterocycles. The molecule has 1 aliphatic rings. The van der Waals surface area contributed by atoms with Crippen LogP contribution in [0.5, 0.6) is 0 Å². The highest BCUT2D eigenvalue weighted by molar-refractivity contribution is 6.33. The molecule has 2 aromatic carbocycles. The third kappa shape index (κ3) is 2.90. The van der Waals surface area contributed by atoms with E-state index in [1.54, 1.807) is 0 Å². The van der Waals surface area contributed by atoms with E-state index in [0.717, 1.165) is 58.9 Å². The lowest BCUT2D eigenvalue weighted by Crippen LogP contribution is -2.30. The number of hydrogen-bond donors (Lipinski definition) is 0. The van der Waals surface area contributed by atoms with E-state index in [-0.39, 0.29) is 0 Å². The van der Waals surface area contributed by atoms with Crippen LogP contribution in [-0.4, -0.2) is 35.0 Å². The molecule has 0 spiro atoms. The van der Waals surface area contributed by atoms with Crippen LogP contribution in [0.4, 0.5) is 0 Å². The Morgan fingerprint density at radius 3 is 2.46 bits per heavy atom. The minimum Gasteiger partial charge on any atom is -0.306 e. The summed E-state index contributed by atoms with van der Waals surface area (Å²) < 4.78 is 0. The molecule has 0 N–H and O–H groups in total. The SMILES string of the molecule is CN1CCC(c2nc(-c3ccccc3Cl)c3ccccc3n2)CC1. The van der Waals surface area contributed by atoms with Gasteiger partial charge in [-0.2, -0.15) is 0 Å². The van der Waals surface area contributed by atoms with Gasteiger partial charge in [-0.05, 0) is 45.1 Å². The Kier molecular flexibility index (Phi) is 4.21. The Morgan fingerprint density at radius 1 is 0.958 bits per heavy atom. The average Bonchev–Trinajstić information content (AvgIpc) is 2.62. The van der Waals surface area contributed by atoms with Crippen molar-refractivity contribution in [3.63, 3.8) is 0 Å². The predicted molar refractivity (Wildman–Crippen MR) is 99.5 cm³/mol. The number of aromatic nitrogens is 2. The molecule has 0 unspecified atom stereocenters. The normalized spacial score (nSPS) is 16.6. The number of fused-ring (bicyclic) bond motifs is 1. The number of para-hydroxylation sites is 1. The van der Waals surface area contributed by atoms with Gasteiger partial charge >= 0.3 is 0 Å². The van der Waals surface area contributed by atoms with Crippen molar-refractivity contribution in [1.82, 2.24) is 14.9 Å². The minimum absolute atomic E-state index is 0.423. The van der Waals surface area contributed by atoms with E-state index in [1.807, 2.05) is 36.4 Å². The highest BCUT2D eigenvalue weighted by atomic mass is 35.5. The fraction of sp³-hybridized carbons (Fsp3) is 0.300. The molecule has 0 atom stereocenters. The lowest BCUT2D eigenvalue weighted by molar-refractivity contribution is 0.251. The molecule has 4 rings (SSSR count). The van der Waals surface area contributed by atoms with Gasteiger partial charge in [0.15, 0.2) is 0 Å². The quantitative estimate of drug-likeness (QED) is 0.675. The van der Waals surface area contributed by atoms with Gasteiger partial charge in [0.25, 0.3) is 0 Å². The number of hydrogen-bond acceptors (Lipinski definition) is 3. The molecule has 3 aromatic rings. The largest absolute Gasteiger partial charge is 0.306 e. The van der Waals surface area contributed by atoms with Gasteiger partial charge < -0.3 is 4.90 Å². The molecule has 2 heterocycles. The molecular weight excluding hydrogens is 318 g/mol. The zero-order valence-electron chi connectivity index (χ0n) is 13.7. The Hall–Kier alpha value is -1.97. The highest BCUT2D eigenvalue weighted by Crippen LogP contribution is 2.34. The number of piperidine rings is 1. The second-order valence-electron chi connectivity index (χ2n) is 6.50. The summed E-state index contributed by atoms with van der Waals surface area (Å²) in [6, 6.07) is 16.1. The first-order valence-corrected chi connectivity index (χ1v) is 8.80. The van der Waals surface area contributed by atoms with Crippen molar-refractivity contribution in [3.8, 4) is 11.3 Å². The van der Waals surface area contributed by atoms with Crippen LogP contribution in [0.25, 0.3) is 22.2 Å². The van der Waals surface area contributed by atoms with E-state index in [2.05, 4.69) is 24.1 Å². The van der Waals surface area contributed by atoms with Crippen LogP contribution in [0.15, 0.2) is 48.5 Å². The van der Waals surface area contributed by atoms with Crippen LogP contribution in [0.1, 0.15) is 24.6 Å². The molecule has 0 amide bonds. The summed E-state index contributed by atoms with van der Waals surface area (Å²) in [6.45, 7) is 2.20. The molecule has 0 radical (unpaired) electrons. The van der Waals surface area contributed by atoms with Gasteiger partial charge in [-0.1, -0.05) is 48.0 Å². The van der Waals surface area contributed by atoms with Crippen LogP contribution < -0.4 is 0 Å². The van der Waals surface area contributed by atoms with E-state index >= 15 is 0 Å².